The Balaban J connectivity index is 2.62. The minimum atomic E-state index is -0.312. The highest BCUT2D eigenvalue weighted by atomic mass is 19.1. The second kappa shape index (κ2) is 4.55. The van der Waals surface area contributed by atoms with Gasteiger partial charge in [0.15, 0.2) is 0 Å². The van der Waals surface area contributed by atoms with Gasteiger partial charge in [0.2, 0.25) is 0 Å². The van der Waals surface area contributed by atoms with Gasteiger partial charge in [-0.15, -0.1) is 0 Å². The van der Waals surface area contributed by atoms with Crippen LogP contribution >= 0.6 is 0 Å². The third-order valence-electron chi connectivity index (χ3n) is 2.71. The molecule has 0 spiro atoms. The Morgan fingerprint density at radius 1 is 1.41 bits per heavy atom. The molecule has 4 nitrogen and oxygen atoms in total. The van der Waals surface area contributed by atoms with Crippen molar-refractivity contribution in [3.63, 3.8) is 0 Å². The first-order valence-electron chi connectivity index (χ1n) is 5.22. The molecule has 0 aliphatic rings. The molecular weight excluding hydrogens is 221 g/mol. The Kier molecular flexibility index (Phi) is 3.10. The van der Waals surface area contributed by atoms with Crippen LogP contribution in [-0.2, 0) is 13.6 Å². The van der Waals surface area contributed by atoms with Crippen molar-refractivity contribution < 1.29 is 9.13 Å². The van der Waals surface area contributed by atoms with Crippen LogP contribution in [0.2, 0.25) is 0 Å². The average molecular weight is 235 g/mol. The van der Waals surface area contributed by atoms with E-state index >= 15 is 0 Å². The maximum absolute atomic E-state index is 13.3. The molecule has 0 aliphatic heterocycles. The van der Waals surface area contributed by atoms with Gasteiger partial charge in [-0.3, -0.25) is 4.68 Å². The van der Waals surface area contributed by atoms with Crippen molar-refractivity contribution in [2.75, 3.05) is 7.11 Å². The summed E-state index contributed by atoms with van der Waals surface area (Å²) in [6, 6.07) is 4.38. The Labute approximate surface area is 98.8 Å². The molecule has 90 valence electrons. The molecule has 0 saturated carbocycles. The van der Waals surface area contributed by atoms with E-state index in [2.05, 4.69) is 5.10 Å². The number of halogens is 1. The minimum Gasteiger partial charge on any atom is -0.496 e. The Hall–Kier alpha value is -1.88. The van der Waals surface area contributed by atoms with E-state index in [0.717, 1.165) is 11.3 Å². The molecule has 0 radical (unpaired) electrons. The highest BCUT2D eigenvalue weighted by Crippen LogP contribution is 2.32. The largest absolute Gasteiger partial charge is 0.496 e. The number of nitrogens with zero attached hydrogens (tertiary/aromatic N) is 2. The molecule has 1 heterocycles. The number of ether oxygens (including phenoxy) is 1. The summed E-state index contributed by atoms with van der Waals surface area (Å²) in [6.07, 6.45) is 1.67. The number of aryl methyl sites for hydroxylation is 1. The molecule has 2 aromatic rings. The van der Waals surface area contributed by atoms with Gasteiger partial charge in [-0.2, -0.15) is 5.10 Å². The van der Waals surface area contributed by atoms with Crippen molar-refractivity contribution >= 4 is 0 Å². The molecule has 2 rings (SSSR count). The van der Waals surface area contributed by atoms with Gasteiger partial charge in [-0.05, 0) is 18.2 Å². The summed E-state index contributed by atoms with van der Waals surface area (Å²) in [7, 11) is 3.35. The van der Waals surface area contributed by atoms with Crippen LogP contribution in [0.3, 0.4) is 0 Å². The highest BCUT2D eigenvalue weighted by molar-refractivity contribution is 5.72. The first-order chi connectivity index (χ1) is 8.17. The SMILES string of the molecule is COc1ccc(F)cc1-c1cnn(C)c1CN. The molecule has 1 aromatic heterocycles. The van der Waals surface area contributed by atoms with E-state index < -0.39 is 0 Å². The van der Waals surface area contributed by atoms with Gasteiger partial charge in [0.05, 0.1) is 19.0 Å². The lowest BCUT2D eigenvalue weighted by molar-refractivity contribution is 0.415. The Morgan fingerprint density at radius 2 is 2.18 bits per heavy atom. The number of nitrogens with two attached hydrogens (primary N) is 1. The molecule has 0 unspecified atom stereocenters. The van der Waals surface area contributed by atoms with Gasteiger partial charge in [0.25, 0.3) is 0 Å². The van der Waals surface area contributed by atoms with Crippen LogP contribution in [0.15, 0.2) is 24.4 Å². The summed E-state index contributed by atoms with van der Waals surface area (Å²) in [4.78, 5) is 0. The van der Waals surface area contributed by atoms with E-state index in [9.17, 15) is 4.39 Å². The van der Waals surface area contributed by atoms with Gasteiger partial charge in [-0.1, -0.05) is 0 Å². The number of rotatable bonds is 3. The van der Waals surface area contributed by atoms with Gasteiger partial charge >= 0.3 is 0 Å². The Bertz CT molecular complexity index is 537. The van der Waals surface area contributed by atoms with Crippen LogP contribution in [-0.4, -0.2) is 16.9 Å². The number of hydrogen-bond acceptors (Lipinski definition) is 3. The lowest BCUT2D eigenvalue weighted by Crippen LogP contribution is -2.05. The van der Waals surface area contributed by atoms with E-state index in [0.29, 0.717) is 17.9 Å². The monoisotopic (exact) mass is 235 g/mol. The lowest BCUT2D eigenvalue weighted by atomic mass is 10.0. The highest BCUT2D eigenvalue weighted by Gasteiger charge is 2.14. The fourth-order valence-corrected chi connectivity index (χ4v) is 1.82. The summed E-state index contributed by atoms with van der Waals surface area (Å²) in [5.74, 6) is 0.293. The van der Waals surface area contributed by atoms with E-state index in [1.165, 1.54) is 12.1 Å². The molecule has 0 atom stereocenters. The summed E-state index contributed by atoms with van der Waals surface area (Å²) < 4.78 is 20.2. The van der Waals surface area contributed by atoms with Crippen molar-refractivity contribution in [3.05, 3.63) is 35.9 Å². The predicted molar refractivity (Wildman–Crippen MR) is 63.0 cm³/mol. The first-order valence-corrected chi connectivity index (χ1v) is 5.22. The lowest BCUT2D eigenvalue weighted by Gasteiger charge is -2.09. The standard InChI is InChI=1S/C12H14FN3O/c1-16-11(6-14)10(7-15-16)9-5-8(13)3-4-12(9)17-2/h3-5,7H,6,14H2,1-2H3. The summed E-state index contributed by atoms with van der Waals surface area (Å²) in [6.45, 7) is 0.339. The van der Waals surface area contributed by atoms with Crippen LogP contribution in [0, 0.1) is 5.82 Å². The Morgan fingerprint density at radius 3 is 2.82 bits per heavy atom. The molecule has 1 aromatic carbocycles. The van der Waals surface area contributed by atoms with Crippen molar-refractivity contribution in [2.24, 2.45) is 12.8 Å². The van der Waals surface area contributed by atoms with E-state index in [1.54, 1.807) is 31.1 Å². The third-order valence-corrected chi connectivity index (χ3v) is 2.71. The zero-order valence-corrected chi connectivity index (χ0v) is 9.77. The summed E-state index contributed by atoms with van der Waals surface area (Å²) >= 11 is 0. The quantitative estimate of drug-likeness (QED) is 0.880. The van der Waals surface area contributed by atoms with Crippen LogP contribution in [0.4, 0.5) is 4.39 Å². The van der Waals surface area contributed by atoms with E-state index in [-0.39, 0.29) is 5.82 Å². The molecule has 5 heteroatoms. The van der Waals surface area contributed by atoms with Gasteiger partial charge in [0.1, 0.15) is 11.6 Å². The van der Waals surface area contributed by atoms with E-state index in [1.807, 2.05) is 0 Å². The van der Waals surface area contributed by atoms with Crippen LogP contribution < -0.4 is 10.5 Å². The molecule has 0 saturated heterocycles. The molecule has 2 N–H and O–H groups in total. The smallest absolute Gasteiger partial charge is 0.127 e. The maximum atomic E-state index is 13.3. The van der Waals surface area contributed by atoms with E-state index in [4.69, 9.17) is 10.5 Å². The zero-order chi connectivity index (χ0) is 12.4. The van der Waals surface area contributed by atoms with Crippen molar-refractivity contribution in [3.8, 4) is 16.9 Å². The molecule has 0 fully saturated rings. The number of methoxy groups -OCH3 is 1. The van der Waals surface area contributed by atoms with Gasteiger partial charge in [-0.25, -0.2) is 4.39 Å². The number of aromatic nitrogens is 2. The molecule has 17 heavy (non-hydrogen) atoms. The number of benzene rings is 1. The zero-order valence-electron chi connectivity index (χ0n) is 9.77. The topological polar surface area (TPSA) is 53.1 Å². The second-order valence-electron chi connectivity index (χ2n) is 3.68. The second-order valence-corrected chi connectivity index (χ2v) is 3.68. The summed E-state index contributed by atoms with van der Waals surface area (Å²) in [5.41, 5.74) is 7.97. The number of hydrogen-bond donors (Lipinski definition) is 1. The van der Waals surface area contributed by atoms with Crippen molar-refractivity contribution in [1.29, 1.82) is 0 Å². The molecule has 0 amide bonds. The minimum absolute atomic E-state index is 0.312. The fraction of sp³-hybridized carbons (Fsp3) is 0.250. The van der Waals surface area contributed by atoms with Crippen molar-refractivity contribution in [2.45, 2.75) is 6.54 Å². The molecule has 0 aliphatic carbocycles. The normalized spacial score (nSPS) is 10.6. The van der Waals surface area contributed by atoms with Crippen molar-refractivity contribution in [1.82, 2.24) is 9.78 Å². The van der Waals surface area contributed by atoms with Crippen LogP contribution in [0.5, 0.6) is 5.75 Å². The van der Waals surface area contributed by atoms with Crippen LogP contribution in [0.1, 0.15) is 5.69 Å². The first kappa shape index (κ1) is 11.6. The summed E-state index contributed by atoms with van der Waals surface area (Å²) in [5, 5.41) is 4.13. The molecule has 0 bridgehead atoms. The average Bonchev–Trinajstić information content (AvgIpc) is 2.70. The maximum Gasteiger partial charge on any atom is 0.127 e. The van der Waals surface area contributed by atoms with Gasteiger partial charge in [0, 0.05) is 24.7 Å². The fourth-order valence-electron chi connectivity index (χ4n) is 1.82. The molecular formula is C12H14FN3O. The third kappa shape index (κ3) is 2.01. The van der Waals surface area contributed by atoms with Crippen LogP contribution in [0.25, 0.3) is 11.1 Å². The predicted octanol–water partition coefficient (Wildman–Crippen LogP) is 1.69. The van der Waals surface area contributed by atoms with Gasteiger partial charge < -0.3 is 10.5 Å².